The van der Waals surface area contributed by atoms with E-state index in [1.54, 1.807) is 0 Å². The minimum absolute atomic E-state index is 0.810. The highest BCUT2D eigenvalue weighted by Gasteiger charge is 2.35. The Labute approximate surface area is 92.2 Å². The van der Waals surface area contributed by atoms with Gasteiger partial charge in [0.05, 0.1) is 6.61 Å². The number of rotatable bonds is 2. The number of nitrogens with one attached hydrogen (secondary N) is 1. The summed E-state index contributed by atoms with van der Waals surface area (Å²) in [7, 11) is 0. The molecule has 1 N–H and O–H groups in total. The van der Waals surface area contributed by atoms with Gasteiger partial charge >= 0.3 is 0 Å². The Balaban J connectivity index is 1.59. The number of hydrogen-bond donors (Lipinski definition) is 1. The molecule has 3 atom stereocenters. The summed E-state index contributed by atoms with van der Waals surface area (Å²) in [6.07, 6.45) is 4.12. The van der Waals surface area contributed by atoms with Crippen LogP contribution in [0.25, 0.3) is 0 Å². The summed E-state index contributed by atoms with van der Waals surface area (Å²) in [6.45, 7) is 7.06. The fraction of sp³-hybridized carbons (Fsp3) is 1.00. The van der Waals surface area contributed by atoms with Crippen LogP contribution in [-0.4, -0.2) is 50.3 Å². The molecule has 3 unspecified atom stereocenters. The molecule has 0 amide bonds. The van der Waals surface area contributed by atoms with Crippen LogP contribution in [0.5, 0.6) is 0 Å². The predicted molar refractivity (Wildman–Crippen MR) is 59.9 cm³/mol. The van der Waals surface area contributed by atoms with Gasteiger partial charge in [-0.3, -0.25) is 4.90 Å². The Morgan fingerprint density at radius 2 is 2.27 bits per heavy atom. The van der Waals surface area contributed by atoms with Crippen molar-refractivity contribution >= 4 is 0 Å². The molecule has 15 heavy (non-hydrogen) atoms. The summed E-state index contributed by atoms with van der Waals surface area (Å²) < 4.78 is 5.47. The summed E-state index contributed by atoms with van der Waals surface area (Å²) in [6, 6.07) is 0.833. The summed E-state index contributed by atoms with van der Waals surface area (Å²) >= 11 is 0. The van der Waals surface area contributed by atoms with Gasteiger partial charge in [0.25, 0.3) is 0 Å². The van der Waals surface area contributed by atoms with Crippen LogP contribution in [0, 0.1) is 11.8 Å². The van der Waals surface area contributed by atoms with E-state index in [0.29, 0.717) is 0 Å². The van der Waals surface area contributed by atoms with Crippen molar-refractivity contribution in [3.8, 4) is 0 Å². The van der Waals surface area contributed by atoms with Crippen molar-refractivity contribution in [2.75, 3.05) is 39.4 Å². The van der Waals surface area contributed by atoms with Gasteiger partial charge in [-0.2, -0.15) is 0 Å². The minimum atomic E-state index is 0.810. The molecule has 86 valence electrons. The largest absolute Gasteiger partial charge is 0.381 e. The number of piperidine rings is 1. The molecular weight excluding hydrogens is 188 g/mol. The Kier molecular flexibility index (Phi) is 2.95. The third-order valence-electron chi connectivity index (χ3n) is 4.31. The van der Waals surface area contributed by atoms with Crippen molar-refractivity contribution in [2.24, 2.45) is 11.8 Å². The molecule has 0 spiro atoms. The van der Waals surface area contributed by atoms with Gasteiger partial charge in [-0.25, -0.2) is 0 Å². The topological polar surface area (TPSA) is 24.5 Å². The molecule has 3 aliphatic heterocycles. The maximum absolute atomic E-state index is 5.47. The lowest BCUT2D eigenvalue weighted by Gasteiger charge is -2.38. The van der Waals surface area contributed by atoms with Gasteiger partial charge in [0.1, 0.15) is 0 Å². The molecule has 3 heterocycles. The van der Waals surface area contributed by atoms with E-state index in [4.69, 9.17) is 4.74 Å². The average molecular weight is 210 g/mol. The van der Waals surface area contributed by atoms with Crippen LogP contribution in [-0.2, 0) is 4.74 Å². The highest BCUT2D eigenvalue weighted by molar-refractivity contribution is 4.92. The van der Waals surface area contributed by atoms with Crippen LogP contribution >= 0.6 is 0 Å². The molecule has 3 saturated heterocycles. The van der Waals surface area contributed by atoms with Crippen LogP contribution < -0.4 is 5.32 Å². The van der Waals surface area contributed by atoms with E-state index in [9.17, 15) is 0 Å². The van der Waals surface area contributed by atoms with E-state index in [0.717, 1.165) is 31.1 Å². The average Bonchev–Trinajstić information content (AvgIpc) is 2.87. The predicted octanol–water partition coefficient (Wildman–Crippen LogP) is 0.707. The molecule has 0 aromatic heterocycles. The molecule has 3 fully saturated rings. The molecule has 0 radical (unpaired) electrons. The van der Waals surface area contributed by atoms with Gasteiger partial charge in [-0.15, -0.1) is 0 Å². The normalized spacial score (nSPS) is 42.0. The zero-order valence-electron chi connectivity index (χ0n) is 9.45. The fourth-order valence-electron chi connectivity index (χ4n) is 3.45. The SMILES string of the molecule is C1CC2CNCC2N(CC2CCOC2)C1. The molecule has 3 nitrogen and oxygen atoms in total. The number of ether oxygens (including phenoxy) is 1. The van der Waals surface area contributed by atoms with Gasteiger partial charge in [-0.05, 0) is 44.2 Å². The Hall–Kier alpha value is -0.120. The number of likely N-dealkylation sites (tertiary alicyclic amines) is 1. The number of fused-ring (bicyclic) bond motifs is 1. The first-order chi connectivity index (χ1) is 7.43. The van der Waals surface area contributed by atoms with E-state index in [1.807, 2.05) is 0 Å². The van der Waals surface area contributed by atoms with Crippen LogP contribution in [0.2, 0.25) is 0 Å². The summed E-state index contributed by atoms with van der Waals surface area (Å²) in [5.41, 5.74) is 0. The molecule has 0 aromatic carbocycles. The fourth-order valence-corrected chi connectivity index (χ4v) is 3.45. The van der Waals surface area contributed by atoms with Gasteiger partial charge in [0.2, 0.25) is 0 Å². The molecule has 0 saturated carbocycles. The van der Waals surface area contributed by atoms with Gasteiger partial charge in [-0.1, -0.05) is 0 Å². The highest BCUT2D eigenvalue weighted by Crippen LogP contribution is 2.28. The quantitative estimate of drug-likeness (QED) is 0.726. The van der Waals surface area contributed by atoms with Gasteiger partial charge < -0.3 is 10.1 Å². The van der Waals surface area contributed by atoms with Crippen molar-refractivity contribution in [1.29, 1.82) is 0 Å². The van der Waals surface area contributed by atoms with Gasteiger partial charge in [0.15, 0.2) is 0 Å². The second kappa shape index (κ2) is 4.40. The van der Waals surface area contributed by atoms with Crippen LogP contribution in [0.1, 0.15) is 19.3 Å². The second-order valence-corrected chi connectivity index (χ2v) is 5.35. The minimum Gasteiger partial charge on any atom is -0.381 e. The molecule has 3 heteroatoms. The zero-order valence-corrected chi connectivity index (χ0v) is 9.45. The Morgan fingerprint density at radius 1 is 1.27 bits per heavy atom. The molecular formula is C12H22N2O. The Morgan fingerprint density at radius 3 is 3.13 bits per heavy atom. The second-order valence-electron chi connectivity index (χ2n) is 5.35. The number of nitrogens with zero attached hydrogens (tertiary/aromatic N) is 1. The molecule has 0 bridgehead atoms. The smallest absolute Gasteiger partial charge is 0.0507 e. The summed E-state index contributed by atoms with van der Waals surface area (Å²) in [5, 5.41) is 3.55. The molecule has 3 rings (SSSR count). The first kappa shape index (κ1) is 10.1. The maximum atomic E-state index is 5.47. The molecule has 0 aromatic rings. The third-order valence-corrected chi connectivity index (χ3v) is 4.31. The van der Waals surface area contributed by atoms with E-state index in [-0.39, 0.29) is 0 Å². The lowest BCUT2D eigenvalue weighted by atomic mass is 9.91. The lowest BCUT2D eigenvalue weighted by molar-refractivity contribution is 0.0980. The summed E-state index contributed by atoms with van der Waals surface area (Å²) in [4.78, 5) is 2.73. The van der Waals surface area contributed by atoms with Crippen molar-refractivity contribution in [1.82, 2.24) is 10.2 Å². The van der Waals surface area contributed by atoms with Gasteiger partial charge in [0, 0.05) is 25.7 Å². The van der Waals surface area contributed by atoms with Crippen molar-refractivity contribution < 1.29 is 4.74 Å². The molecule has 3 aliphatic rings. The van der Waals surface area contributed by atoms with Crippen LogP contribution in [0.3, 0.4) is 0 Å². The lowest BCUT2D eigenvalue weighted by Crippen LogP contribution is -2.47. The molecule has 0 aliphatic carbocycles. The summed E-state index contributed by atoms with van der Waals surface area (Å²) in [5.74, 6) is 1.74. The van der Waals surface area contributed by atoms with E-state index in [1.165, 1.54) is 45.4 Å². The van der Waals surface area contributed by atoms with Crippen molar-refractivity contribution in [2.45, 2.75) is 25.3 Å². The van der Waals surface area contributed by atoms with E-state index in [2.05, 4.69) is 10.2 Å². The first-order valence-corrected chi connectivity index (χ1v) is 6.46. The standard InChI is InChI=1S/C12H22N2O/c1-2-11-6-13-7-12(11)14(4-1)8-10-3-5-15-9-10/h10-13H,1-9H2. The van der Waals surface area contributed by atoms with E-state index < -0.39 is 0 Å². The van der Waals surface area contributed by atoms with Crippen molar-refractivity contribution in [3.63, 3.8) is 0 Å². The van der Waals surface area contributed by atoms with E-state index >= 15 is 0 Å². The zero-order chi connectivity index (χ0) is 10.1. The highest BCUT2D eigenvalue weighted by atomic mass is 16.5. The maximum Gasteiger partial charge on any atom is 0.0507 e. The first-order valence-electron chi connectivity index (χ1n) is 6.46. The number of hydrogen-bond acceptors (Lipinski definition) is 3. The van der Waals surface area contributed by atoms with Crippen LogP contribution in [0.4, 0.5) is 0 Å². The monoisotopic (exact) mass is 210 g/mol. The van der Waals surface area contributed by atoms with Crippen LogP contribution in [0.15, 0.2) is 0 Å². The Bertz CT molecular complexity index is 216. The third kappa shape index (κ3) is 2.05. The van der Waals surface area contributed by atoms with Crippen molar-refractivity contribution in [3.05, 3.63) is 0 Å².